The van der Waals surface area contributed by atoms with Crippen LogP contribution in [-0.2, 0) is 4.79 Å². The fourth-order valence-electron chi connectivity index (χ4n) is 6.90. The van der Waals surface area contributed by atoms with Gasteiger partial charge in [0.25, 0.3) is 0 Å². The van der Waals surface area contributed by atoms with Crippen LogP contribution in [-0.4, -0.2) is 46.1 Å². The van der Waals surface area contributed by atoms with E-state index in [2.05, 4.69) is 55.6 Å². The second kappa shape index (κ2) is 42.3. The first kappa shape index (κ1) is 50.6. The number of hydrogen-bond acceptors (Lipinski definition) is 4. The summed E-state index contributed by atoms with van der Waals surface area (Å²) in [5, 5.41) is 33.4. The van der Waals surface area contributed by atoms with Crippen molar-refractivity contribution in [3.63, 3.8) is 0 Å². The van der Waals surface area contributed by atoms with E-state index in [9.17, 15) is 20.1 Å². The van der Waals surface area contributed by atoms with E-state index < -0.39 is 18.2 Å². The molecule has 4 N–H and O–H groups in total. The lowest BCUT2D eigenvalue weighted by Gasteiger charge is -2.26. The zero-order valence-electron chi connectivity index (χ0n) is 34.7. The van der Waals surface area contributed by atoms with Crippen molar-refractivity contribution in [1.29, 1.82) is 0 Å². The molecule has 0 spiro atoms. The number of aliphatic hydroxyl groups is 3. The molecule has 52 heavy (non-hydrogen) atoms. The van der Waals surface area contributed by atoms with Crippen LogP contribution >= 0.6 is 0 Å². The molecule has 0 aromatic carbocycles. The summed E-state index contributed by atoms with van der Waals surface area (Å²) < 4.78 is 0. The molecule has 0 fully saturated rings. The highest BCUT2D eigenvalue weighted by molar-refractivity contribution is 5.76. The number of amides is 1. The first-order chi connectivity index (χ1) is 25.6. The lowest BCUT2D eigenvalue weighted by molar-refractivity contribution is -0.124. The minimum atomic E-state index is -1.16. The normalized spacial score (nSPS) is 13.9. The monoisotopic (exact) mass is 732 g/mol. The lowest BCUT2D eigenvalue weighted by atomic mass is 10.0. The first-order valence-corrected chi connectivity index (χ1v) is 22.8. The number of nitrogens with one attached hydrogen (secondary N) is 1. The molecule has 0 aromatic rings. The predicted molar refractivity (Wildman–Crippen MR) is 227 cm³/mol. The van der Waals surface area contributed by atoms with Gasteiger partial charge in [-0.25, -0.2) is 0 Å². The Morgan fingerprint density at radius 2 is 0.827 bits per heavy atom. The van der Waals surface area contributed by atoms with Crippen molar-refractivity contribution >= 4 is 5.91 Å². The van der Waals surface area contributed by atoms with Gasteiger partial charge in [0.05, 0.1) is 18.8 Å². The summed E-state index contributed by atoms with van der Waals surface area (Å²) in [5.41, 5.74) is 0. The Hall–Kier alpha value is -1.43. The smallest absolute Gasteiger partial charge is 0.220 e. The maximum Gasteiger partial charge on any atom is 0.220 e. The molecule has 0 aliphatic carbocycles. The lowest BCUT2D eigenvalue weighted by Crippen LogP contribution is -2.50. The van der Waals surface area contributed by atoms with Crippen molar-refractivity contribution in [1.82, 2.24) is 5.32 Å². The molecular weight excluding hydrogens is 643 g/mol. The van der Waals surface area contributed by atoms with Gasteiger partial charge in [0.1, 0.15) is 6.10 Å². The van der Waals surface area contributed by atoms with Gasteiger partial charge in [-0.15, -0.1) is 0 Å². The third-order valence-corrected chi connectivity index (χ3v) is 10.5. The van der Waals surface area contributed by atoms with E-state index in [0.29, 0.717) is 12.8 Å². The van der Waals surface area contributed by atoms with Crippen LogP contribution in [0.15, 0.2) is 36.5 Å². The third-order valence-electron chi connectivity index (χ3n) is 10.5. The zero-order valence-corrected chi connectivity index (χ0v) is 34.7. The SMILES string of the molecule is CCCCCCCC/C=C/CCCC(O)C(O)C(CO)NC(=O)CCCCCCCCCCCCC/C=C\C/C=C\CCCCCCCCCCC. The van der Waals surface area contributed by atoms with Gasteiger partial charge in [-0.3, -0.25) is 4.79 Å². The van der Waals surface area contributed by atoms with Crippen LogP contribution in [0.25, 0.3) is 0 Å². The predicted octanol–water partition coefficient (Wildman–Crippen LogP) is 13.2. The Kier molecular flexibility index (Phi) is 41.1. The van der Waals surface area contributed by atoms with Crippen molar-refractivity contribution < 1.29 is 20.1 Å². The average Bonchev–Trinajstić information content (AvgIpc) is 3.15. The highest BCUT2D eigenvalue weighted by Crippen LogP contribution is 2.15. The molecule has 0 heterocycles. The summed E-state index contributed by atoms with van der Waals surface area (Å²) in [4.78, 5) is 12.4. The zero-order chi connectivity index (χ0) is 38.0. The average molecular weight is 732 g/mol. The van der Waals surface area contributed by atoms with Crippen LogP contribution in [0.1, 0.15) is 232 Å². The van der Waals surface area contributed by atoms with Crippen molar-refractivity contribution in [2.24, 2.45) is 0 Å². The van der Waals surface area contributed by atoms with Crippen molar-refractivity contribution in [3.05, 3.63) is 36.5 Å². The number of carbonyl (C=O) groups excluding carboxylic acids is 1. The Morgan fingerprint density at radius 1 is 0.481 bits per heavy atom. The Labute approximate surface area is 324 Å². The summed E-state index contributed by atoms with van der Waals surface area (Å²) in [6, 6.07) is -0.825. The maximum absolute atomic E-state index is 12.4. The van der Waals surface area contributed by atoms with Crippen molar-refractivity contribution in [3.8, 4) is 0 Å². The number of carbonyl (C=O) groups is 1. The highest BCUT2D eigenvalue weighted by atomic mass is 16.3. The van der Waals surface area contributed by atoms with Crippen LogP contribution in [0.4, 0.5) is 0 Å². The number of hydrogen-bond donors (Lipinski definition) is 4. The molecule has 306 valence electrons. The fraction of sp³-hybridized carbons (Fsp3) is 0.851. The van der Waals surface area contributed by atoms with E-state index in [4.69, 9.17) is 0 Å². The second-order valence-corrected chi connectivity index (χ2v) is 15.6. The Morgan fingerprint density at radius 3 is 1.23 bits per heavy atom. The Bertz CT molecular complexity index is 809. The summed E-state index contributed by atoms with van der Waals surface area (Å²) in [6.45, 7) is 4.15. The van der Waals surface area contributed by atoms with E-state index >= 15 is 0 Å². The van der Waals surface area contributed by atoms with Crippen molar-refractivity contribution in [2.75, 3.05) is 6.61 Å². The number of aliphatic hydroxyl groups excluding tert-OH is 3. The highest BCUT2D eigenvalue weighted by Gasteiger charge is 2.26. The molecule has 0 radical (unpaired) electrons. The van der Waals surface area contributed by atoms with Gasteiger partial charge < -0.3 is 20.6 Å². The van der Waals surface area contributed by atoms with E-state index in [1.165, 1.54) is 161 Å². The molecule has 3 atom stereocenters. The molecule has 0 aromatic heterocycles. The molecule has 1 amide bonds. The van der Waals surface area contributed by atoms with E-state index in [-0.39, 0.29) is 12.5 Å². The van der Waals surface area contributed by atoms with Gasteiger partial charge in [-0.2, -0.15) is 0 Å². The van der Waals surface area contributed by atoms with E-state index in [1.807, 2.05) is 0 Å². The third kappa shape index (κ3) is 36.9. The first-order valence-electron chi connectivity index (χ1n) is 22.8. The number of unbranched alkanes of at least 4 members (excludes halogenated alkanes) is 27. The van der Waals surface area contributed by atoms with Gasteiger partial charge in [0.15, 0.2) is 0 Å². The molecule has 0 bridgehead atoms. The molecular formula is C47H89NO4. The van der Waals surface area contributed by atoms with Gasteiger partial charge >= 0.3 is 0 Å². The number of rotatable bonds is 41. The molecule has 0 saturated carbocycles. The van der Waals surface area contributed by atoms with Crippen LogP contribution in [0, 0.1) is 0 Å². The minimum absolute atomic E-state index is 0.158. The fourth-order valence-corrected chi connectivity index (χ4v) is 6.90. The van der Waals surface area contributed by atoms with Gasteiger partial charge in [-0.1, -0.05) is 192 Å². The van der Waals surface area contributed by atoms with Crippen molar-refractivity contribution in [2.45, 2.75) is 250 Å². The van der Waals surface area contributed by atoms with Crippen LogP contribution in [0.3, 0.4) is 0 Å². The molecule has 0 rings (SSSR count). The quantitative estimate of drug-likeness (QED) is 0.0372. The molecule has 5 heteroatoms. The van der Waals surface area contributed by atoms with Crippen LogP contribution in [0.2, 0.25) is 0 Å². The van der Waals surface area contributed by atoms with Gasteiger partial charge in [0, 0.05) is 6.42 Å². The topological polar surface area (TPSA) is 89.8 Å². The second-order valence-electron chi connectivity index (χ2n) is 15.6. The molecule has 0 aliphatic heterocycles. The maximum atomic E-state index is 12.4. The minimum Gasteiger partial charge on any atom is -0.394 e. The van der Waals surface area contributed by atoms with Crippen LogP contribution < -0.4 is 5.32 Å². The molecule has 5 nitrogen and oxygen atoms in total. The largest absolute Gasteiger partial charge is 0.394 e. The summed E-state index contributed by atoms with van der Waals surface area (Å²) >= 11 is 0. The summed E-state index contributed by atoms with van der Waals surface area (Å²) in [5.74, 6) is -0.158. The summed E-state index contributed by atoms with van der Waals surface area (Å²) in [7, 11) is 0. The standard InChI is InChI=1S/C47H89NO4/c1-3-5-7-9-11-13-15-16-17-18-19-20-21-22-23-24-25-26-27-28-29-30-32-34-36-38-40-42-46(51)48-44(43-49)47(52)45(50)41-39-37-35-33-31-14-12-10-8-6-4-2/h19-20,22-23,33,35,44-45,47,49-50,52H,3-18,21,24-32,34,36-43H2,1-2H3,(H,48,51)/b20-19-,23-22-,35-33+. The Balaban J connectivity index is 3.59. The van der Waals surface area contributed by atoms with Gasteiger partial charge in [0.2, 0.25) is 5.91 Å². The van der Waals surface area contributed by atoms with E-state index in [0.717, 1.165) is 44.9 Å². The number of allylic oxidation sites excluding steroid dienone is 6. The molecule has 0 saturated heterocycles. The van der Waals surface area contributed by atoms with Gasteiger partial charge in [-0.05, 0) is 70.6 Å². The van der Waals surface area contributed by atoms with Crippen LogP contribution in [0.5, 0.6) is 0 Å². The molecule has 3 unspecified atom stereocenters. The summed E-state index contributed by atoms with van der Waals surface area (Å²) in [6.07, 6.45) is 52.7. The molecule has 0 aliphatic rings. The van der Waals surface area contributed by atoms with E-state index in [1.54, 1.807) is 0 Å².